The van der Waals surface area contributed by atoms with E-state index in [1.54, 1.807) is 38.6 Å². The van der Waals surface area contributed by atoms with Crippen LogP contribution in [0.5, 0.6) is 5.75 Å². The van der Waals surface area contributed by atoms with E-state index in [9.17, 15) is 4.39 Å². The van der Waals surface area contributed by atoms with Crippen LogP contribution in [0.4, 0.5) is 4.39 Å². The summed E-state index contributed by atoms with van der Waals surface area (Å²) in [7, 11) is 1.61. The van der Waals surface area contributed by atoms with Crippen molar-refractivity contribution in [3.63, 3.8) is 0 Å². The van der Waals surface area contributed by atoms with E-state index in [0.717, 1.165) is 24.1 Å². The molecule has 1 N–H and O–H groups in total. The van der Waals surface area contributed by atoms with Gasteiger partial charge in [-0.05, 0) is 48.7 Å². The van der Waals surface area contributed by atoms with Crippen LogP contribution in [0.3, 0.4) is 0 Å². The minimum absolute atomic E-state index is 0.0948. The van der Waals surface area contributed by atoms with E-state index in [-0.39, 0.29) is 11.9 Å². The second kappa shape index (κ2) is 7.18. The van der Waals surface area contributed by atoms with E-state index in [2.05, 4.69) is 17.2 Å². The Morgan fingerprint density at radius 2 is 2.05 bits per heavy atom. The standard InChI is InChI=1S/C17H21FN2O/c1-4-7-20-17(13-6-5-12(2)16(18)9-13)14-8-15(21-3)11-19-10-14/h5-6,8-11,17,20H,4,7H2,1-3H3. The topological polar surface area (TPSA) is 34.2 Å². The molecule has 0 fully saturated rings. The van der Waals surface area contributed by atoms with Gasteiger partial charge >= 0.3 is 0 Å². The van der Waals surface area contributed by atoms with Gasteiger partial charge in [-0.1, -0.05) is 19.1 Å². The Bertz CT molecular complexity index is 601. The molecule has 1 aromatic heterocycles. The van der Waals surface area contributed by atoms with Gasteiger partial charge in [-0.25, -0.2) is 4.39 Å². The maximum atomic E-state index is 13.9. The number of nitrogens with one attached hydrogen (secondary N) is 1. The average Bonchev–Trinajstić information content (AvgIpc) is 2.51. The van der Waals surface area contributed by atoms with Gasteiger partial charge in [-0.15, -0.1) is 0 Å². The number of pyridine rings is 1. The van der Waals surface area contributed by atoms with Crippen LogP contribution in [-0.2, 0) is 0 Å². The molecule has 0 amide bonds. The Kier molecular flexibility index (Phi) is 5.28. The summed E-state index contributed by atoms with van der Waals surface area (Å²) in [6.07, 6.45) is 4.45. The maximum absolute atomic E-state index is 13.9. The molecular weight excluding hydrogens is 267 g/mol. The van der Waals surface area contributed by atoms with Crippen molar-refractivity contribution >= 4 is 0 Å². The van der Waals surface area contributed by atoms with Crippen LogP contribution in [0.15, 0.2) is 36.7 Å². The second-order valence-electron chi connectivity index (χ2n) is 5.05. The van der Waals surface area contributed by atoms with Crippen molar-refractivity contribution in [2.75, 3.05) is 13.7 Å². The summed E-state index contributed by atoms with van der Waals surface area (Å²) in [5, 5.41) is 3.44. The third-order valence-electron chi connectivity index (χ3n) is 3.43. The minimum atomic E-state index is -0.188. The van der Waals surface area contributed by atoms with Gasteiger partial charge in [0, 0.05) is 6.20 Å². The van der Waals surface area contributed by atoms with E-state index in [4.69, 9.17) is 4.74 Å². The number of aromatic nitrogens is 1. The highest BCUT2D eigenvalue weighted by atomic mass is 19.1. The van der Waals surface area contributed by atoms with Gasteiger partial charge < -0.3 is 10.1 Å². The first-order valence-corrected chi connectivity index (χ1v) is 7.14. The Balaban J connectivity index is 2.38. The first kappa shape index (κ1) is 15.4. The van der Waals surface area contributed by atoms with Gasteiger partial charge in [0.25, 0.3) is 0 Å². The third-order valence-corrected chi connectivity index (χ3v) is 3.43. The lowest BCUT2D eigenvalue weighted by molar-refractivity contribution is 0.411. The van der Waals surface area contributed by atoms with Crippen molar-refractivity contribution in [2.45, 2.75) is 26.3 Å². The van der Waals surface area contributed by atoms with Gasteiger partial charge in [-0.3, -0.25) is 4.98 Å². The van der Waals surface area contributed by atoms with Crippen LogP contribution in [0.25, 0.3) is 0 Å². The molecule has 1 unspecified atom stereocenters. The molecule has 1 aromatic carbocycles. The highest BCUT2D eigenvalue weighted by molar-refractivity contribution is 5.35. The molecule has 0 radical (unpaired) electrons. The number of rotatable bonds is 6. The zero-order chi connectivity index (χ0) is 15.2. The summed E-state index contributed by atoms with van der Waals surface area (Å²) >= 11 is 0. The molecule has 2 rings (SSSR count). The van der Waals surface area contributed by atoms with Crippen molar-refractivity contribution in [3.8, 4) is 5.75 Å². The van der Waals surface area contributed by atoms with Crippen LogP contribution < -0.4 is 10.1 Å². The van der Waals surface area contributed by atoms with E-state index >= 15 is 0 Å². The summed E-state index contributed by atoms with van der Waals surface area (Å²) < 4.78 is 19.1. The molecule has 0 bridgehead atoms. The Hall–Kier alpha value is -1.94. The van der Waals surface area contributed by atoms with Crippen LogP contribution >= 0.6 is 0 Å². The molecule has 0 spiro atoms. The number of halogens is 1. The molecule has 0 aliphatic carbocycles. The predicted molar refractivity (Wildman–Crippen MR) is 82.1 cm³/mol. The van der Waals surface area contributed by atoms with E-state index in [0.29, 0.717) is 11.3 Å². The molecule has 21 heavy (non-hydrogen) atoms. The fourth-order valence-corrected chi connectivity index (χ4v) is 2.21. The van der Waals surface area contributed by atoms with Crippen molar-refractivity contribution in [1.82, 2.24) is 10.3 Å². The monoisotopic (exact) mass is 288 g/mol. The third kappa shape index (κ3) is 3.79. The Morgan fingerprint density at radius 3 is 2.71 bits per heavy atom. The summed E-state index contributed by atoms with van der Waals surface area (Å²) in [5.74, 6) is 0.509. The number of nitrogens with zero attached hydrogens (tertiary/aromatic N) is 1. The molecule has 1 atom stereocenters. The molecule has 112 valence electrons. The van der Waals surface area contributed by atoms with Gasteiger partial charge in [0.1, 0.15) is 11.6 Å². The smallest absolute Gasteiger partial charge is 0.137 e. The summed E-state index contributed by atoms with van der Waals surface area (Å²) in [6, 6.07) is 7.17. The fourth-order valence-electron chi connectivity index (χ4n) is 2.21. The number of ether oxygens (including phenoxy) is 1. The van der Waals surface area contributed by atoms with Crippen LogP contribution in [-0.4, -0.2) is 18.6 Å². The molecule has 1 heterocycles. The molecule has 0 saturated carbocycles. The van der Waals surface area contributed by atoms with Crippen molar-refractivity contribution in [1.29, 1.82) is 0 Å². The SMILES string of the molecule is CCCNC(c1cncc(OC)c1)c1ccc(C)c(F)c1. The first-order chi connectivity index (χ1) is 10.2. The predicted octanol–water partition coefficient (Wildman–Crippen LogP) is 3.63. The lowest BCUT2D eigenvalue weighted by atomic mass is 9.98. The molecule has 4 heteroatoms. The van der Waals surface area contributed by atoms with Crippen molar-refractivity contribution < 1.29 is 9.13 Å². The molecule has 0 saturated heterocycles. The average molecular weight is 288 g/mol. The molecule has 2 aromatic rings. The molecule has 3 nitrogen and oxygen atoms in total. The summed E-state index contributed by atoms with van der Waals surface area (Å²) in [6.45, 7) is 4.71. The zero-order valence-corrected chi connectivity index (χ0v) is 12.7. The number of methoxy groups -OCH3 is 1. The number of hydrogen-bond acceptors (Lipinski definition) is 3. The normalized spacial score (nSPS) is 12.2. The molecular formula is C17H21FN2O. The highest BCUT2D eigenvalue weighted by Gasteiger charge is 2.15. The largest absolute Gasteiger partial charge is 0.495 e. The fraction of sp³-hybridized carbons (Fsp3) is 0.353. The van der Waals surface area contributed by atoms with Gasteiger partial charge in [0.2, 0.25) is 0 Å². The van der Waals surface area contributed by atoms with E-state index in [1.165, 1.54) is 0 Å². The highest BCUT2D eigenvalue weighted by Crippen LogP contribution is 2.25. The Morgan fingerprint density at radius 1 is 1.24 bits per heavy atom. The molecule has 0 aliphatic heterocycles. The quantitative estimate of drug-likeness (QED) is 0.881. The Labute approximate surface area is 125 Å². The second-order valence-corrected chi connectivity index (χ2v) is 5.05. The lowest BCUT2D eigenvalue weighted by Crippen LogP contribution is -2.23. The van der Waals surface area contributed by atoms with Crippen molar-refractivity contribution in [3.05, 3.63) is 59.2 Å². The number of aryl methyl sites for hydroxylation is 1. The van der Waals surface area contributed by atoms with E-state index < -0.39 is 0 Å². The maximum Gasteiger partial charge on any atom is 0.137 e. The number of benzene rings is 1. The van der Waals surface area contributed by atoms with Gasteiger partial charge in [0.05, 0.1) is 19.3 Å². The first-order valence-electron chi connectivity index (χ1n) is 7.14. The minimum Gasteiger partial charge on any atom is -0.495 e. The van der Waals surface area contributed by atoms with Crippen LogP contribution in [0, 0.1) is 12.7 Å². The lowest BCUT2D eigenvalue weighted by Gasteiger charge is -2.20. The van der Waals surface area contributed by atoms with Crippen LogP contribution in [0.2, 0.25) is 0 Å². The van der Waals surface area contributed by atoms with Gasteiger partial charge in [0.15, 0.2) is 0 Å². The van der Waals surface area contributed by atoms with E-state index in [1.807, 2.05) is 12.1 Å². The summed E-state index contributed by atoms with van der Waals surface area (Å²) in [5.41, 5.74) is 2.50. The molecule has 0 aliphatic rings. The number of hydrogen-bond donors (Lipinski definition) is 1. The van der Waals surface area contributed by atoms with Crippen molar-refractivity contribution in [2.24, 2.45) is 0 Å². The summed E-state index contributed by atoms with van der Waals surface area (Å²) in [4.78, 5) is 4.19. The van der Waals surface area contributed by atoms with Gasteiger partial charge in [-0.2, -0.15) is 0 Å². The zero-order valence-electron chi connectivity index (χ0n) is 12.7. The van der Waals surface area contributed by atoms with Crippen LogP contribution in [0.1, 0.15) is 36.1 Å².